The van der Waals surface area contributed by atoms with E-state index in [9.17, 15) is 0 Å². The average Bonchev–Trinajstić information content (AvgIpc) is 2.70. The summed E-state index contributed by atoms with van der Waals surface area (Å²) in [6, 6.07) is 4.81. The Morgan fingerprint density at radius 1 is 1.35 bits per heavy atom. The molecule has 2 aliphatic rings. The molecule has 1 aromatic carbocycles. The molecule has 0 radical (unpaired) electrons. The molecule has 4 nitrogen and oxygen atoms in total. The lowest BCUT2D eigenvalue weighted by Gasteiger charge is -2.15. The van der Waals surface area contributed by atoms with Crippen molar-refractivity contribution in [3.8, 4) is 11.5 Å². The van der Waals surface area contributed by atoms with Crippen molar-refractivity contribution >= 4 is 15.9 Å². The fourth-order valence-corrected chi connectivity index (χ4v) is 3.35. The summed E-state index contributed by atoms with van der Waals surface area (Å²) in [6.07, 6.45) is 2.16. The molecule has 0 spiro atoms. The van der Waals surface area contributed by atoms with Gasteiger partial charge in [-0.1, -0.05) is 0 Å². The first-order valence-corrected chi connectivity index (χ1v) is 8.01. The van der Waals surface area contributed by atoms with Gasteiger partial charge in [-0.15, -0.1) is 0 Å². The highest BCUT2D eigenvalue weighted by Crippen LogP contribution is 2.38. The molecule has 110 valence electrons. The lowest BCUT2D eigenvalue weighted by Crippen LogP contribution is -2.30. The highest BCUT2D eigenvalue weighted by atomic mass is 79.9. The molecule has 0 bridgehead atoms. The highest BCUT2D eigenvalue weighted by Gasteiger charge is 2.19. The average molecular weight is 341 g/mol. The number of nitrogens with zero attached hydrogens (tertiary/aromatic N) is 1. The largest absolute Gasteiger partial charge is 0.490 e. The monoisotopic (exact) mass is 340 g/mol. The molecule has 1 atom stereocenters. The number of fused-ring (bicyclic) bond motifs is 1. The van der Waals surface area contributed by atoms with Crippen molar-refractivity contribution in [1.29, 1.82) is 0 Å². The van der Waals surface area contributed by atoms with Gasteiger partial charge in [0, 0.05) is 25.6 Å². The Kier molecular flexibility index (Phi) is 4.48. The van der Waals surface area contributed by atoms with E-state index in [0.717, 1.165) is 48.7 Å². The van der Waals surface area contributed by atoms with Crippen LogP contribution in [-0.4, -0.2) is 44.3 Å². The molecule has 1 aromatic rings. The Morgan fingerprint density at radius 3 is 3.00 bits per heavy atom. The summed E-state index contributed by atoms with van der Waals surface area (Å²) in [5, 5.41) is 3.62. The molecule has 0 saturated carbocycles. The molecule has 1 fully saturated rings. The molecule has 20 heavy (non-hydrogen) atoms. The van der Waals surface area contributed by atoms with Crippen LogP contribution in [0.2, 0.25) is 0 Å². The molecule has 0 amide bonds. The number of benzene rings is 1. The molecular formula is C15H21BrN2O2. The van der Waals surface area contributed by atoms with E-state index < -0.39 is 0 Å². The number of likely N-dealkylation sites (N-methyl/N-ethyl adjacent to an activating group) is 1. The van der Waals surface area contributed by atoms with Gasteiger partial charge < -0.3 is 19.7 Å². The van der Waals surface area contributed by atoms with E-state index in [1.807, 2.05) is 0 Å². The van der Waals surface area contributed by atoms with E-state index in [2.05, 4.69) is 45.3 Å². The van der Waals surface area contributed by atoms with Crippen LogP contribution in [0.4, 0.5) is 0 Å². The van der Waals surface area contributed by atoms with Gasteiger partial charge in [0.05, 0.1) is 17.7 Å². The second-order valence-corrected chi connectivity index (χ2v) is 6.44. The van der Waals surface area contributed by atoms with E-state index in [1.165, 1.54) is 18.5 Å². The van der Waals surface area contributed by atoms with Crippen LogP contribution < -0.4 is 14.8 Å². The van der Waals surface area contributed by atoms with Crippen LogP contribution in [0.5, 0.6) is 11.5 Å². The molecule has 2 aliphatic heterocycles. The molecule has 1 unspecified atom stereocenters. The van der Waals surface area contributed by atoms with Crippen molar-refractivity contribution in [2.75, 3.05) is 33.4 Å². The zero-order valence-electron chi connectivity index (χ0n) is 11.8. The number of likely N-dealkylation sites (tertiary alicyclic amines) is 1. The lowest BCUT2D eigenvalue weighted by molar-refractivity contribution is 0.296. The molecule has 0 aromatic heterocycles. The quantitative estimate of drug-likeness (QED) is 0.916. The summed E-state index contributed by atoms with van der Waals surface area (Å²) in [6.45, 7) is 4.63. The molecule has 2 heterocycles. The van der Waals surface area contributed by atoms with E-state index in [1.54, 1.807) is 0 Å². The minimum atomic E-state index is 0.592. The summed E-state index contributed by atoms with van der Waals surface area (Å²) in [5.41, 5.74) is 1.23. The van der Waals surface area contributed by atoms with Crippen molar-refractivity contribution < 1.29 is 9.47 Å². The fourth-order valence-electron chi connectivity index (χ4n) is 2.75. The van der Waals surface area contributed by atoms with Gasteiger partial charge in [-0.25, -0.2) is 0 Å². The van der Waals surface area contributed by atoms with Crippen LogP contribution in [0.1, 0.15) is 18.4 Å². The number of rotatable bonds is 3. The van der Waals surface area contributed by atoms with E-state index in [0.29, 0.717) is 6.04 Å². The van der Waals surface area contributed by atoms with Crippen molar-refractivity contribution in [2.24, 2.45) is 0 Å². The summed E-state index contributed by atoms with van der Waals surface area (Å²) < 4.78 is 12.5. The van der Waals surface area contributed by atoms with Gasteiger partial charge in [0.2, 0.25) is 0 Å². The zero-order valence-corrected chi connectivity index (χ0v) is 13.4. The summed E-state index contributed by atoms with van der Waals surface area (Å²) >= 11 is 3.59. The Morgan fingerprint density at radius 2 is 2.20 bits per heavy atom. The van der Waals surface area contributed by atoms with Crippen molar-refractivity contribution in [3.05, 3.63) is 22.2 Å². The molecule has 0 aliphatic carbocycles. The summed E-state index contributed by atoms with van der Waals surface area (Å²) in [5.74, 6) is 1.70. The second kappa shape index (κ2) is 6.33. The fraction of sp³-hybridized carbons (Fsp3) is 0.600. The Balaban J connectivity index is 1.67. The predicted octanol–water partition coefficient (Wildman–Crippen LogP) is 2.40. The third kappa shape index (κ3) is 3.27. The van der Waals surface area contributed by atoms with Crippen LogP contribution >= 0.6 is 15.9 Å². The molecular weight excluding hydrogens is 320 g/mol. The Hall–Kier alpha value is -0.780. The van der Waals surface area contributed by atoms with Gasteiger partial charge in [0.1, 0.15) is 0 Å². The first kappa shape index (κ1) is 14.2. The normalized spacial score (nSPS) is 22.8. The number of nitrogens with one attached hydrogen (secondary N) is 1. The van der Waals surface area contributed by atoms with Gasteiger partial charge in [-0.2, -0.15) is 0 Å². The van der Waals surface area contributed by atoms with Gasteiger partial charge in [-0.3, -0.25) is 0 Å². The molecule has 5 heteroatoms. The van der Waals surface area contributed by atoms with E-state index in [-0.39, 0.29) is 0 Å². The first-order valence-electron chi connectivity index (χ1n) is 7.22. The highest BCUT2D eigenvalue weighted by molar-refractivity contribution is 9.10. The Bertz CT molecular complexity index is 481. The summed E-state index contributed by atoms with van der Waals surface area (Å²) in [7, 11) is 2.17. The van der Waals surface area contributed by atoms with E-state index in [4.69, 9.17) is 9.47 Å². The van der Waals surface area contributed by atoms with Gasteiger partial charge in [0.25, 0.3) is 0 Å². The van der Waals surface area contributed by atoms with Gasteiger partial charge in [0.15, 0.2) is 11.5 Å². The third-order valence-corrected chi connectivity index (χ3v) is 4.44. The van der Waals surface area contributed by atoms with Crippen molar-refractivity contribution in [2.45, 2.75) is 25.4 Å². The number of halogens is 1. The minimum absolute atomic E-state index is 0.592. The molecule has 3 rings (SSSR count). The number of ether oxygens (including phenoxy) is 2. The third-order valence-electron chi connectivity index (χ3n) is 3.85. The maximum absolute atomic E-state index is 5.77. The maximum Gasteiger partial charge on any atom is 0.175 e. The summed E-state index contributed by atoms with van der Waals surface area (Å²) in [4.78, 5) is 2.36. The lowest BCUT2D eigenvalue weighted by atomic mass is 10.1. The van der Waals surface area contributed by atoms with Crippen LogP contribution in [0.15, 0.2) is 16.6 Å². The first-order chi connectivity index (χ1) is 9.72. The molecule has 1 saturated heterocycles. The minimum Gasteiger partial charge on any atom is -0.490 e. The predicted molar refractivity (Wildman–Crippen MR) is 82.5 cm³/mol. The van der Waals surface area contributed by atoms with Gasteiger partial charge >= 0.3 is 0 Å². The SMILES string of the molecule is CN1CCC(NCc2cc(Br)c3c(c2)OCCCO3)C1. The smallest absolute Gasteiger partial charge is 0.175 e. The Labute approximate surface area is 128 Å². The number of hydrogen-bond acceptors (Lipinski definition) is 4. The second-order valence-electron chi connectivity index (χ2n) is 5.58. The van der Waals surface area contributed by atoms with Crippen molar-refractivity contribution in [3.63, 3.8) is 0 Å². The number of hydrogen-bond donors (Lipinski definition) is 1. The zero-order chi connectivity index (χ0) is 13.9. The maximum atomic E-state index is 5.77. The van der Waals surface area contributed by atoms with Crippen LogP contribution in [-0.2, 0) is 6.54 Å². The molecule has 1 N–H and O–H groups in total. The standard InChI is InChI=1S/C15H21BrN2O2/c1-18-4-3-12(10-18)17-9-11-7-13(16)15-14(8-11)19-5-2-6-20-15/h7-8,12,17H,2-6,9-10H2,1H3. The van der Waals surface area contributed by atoms with Crippen LogP contribution in [0.3, 0.4) is 0 Å². The van der Waals surface area contributed by atoms with Crippen molar-refractivity contribution in [1.82, 2.24) is 10.2 Å². The topological polar surface area (TPSA) is 33.7 Å². The van der Waals surface area contributed by atoms with Crippen LogP contribution in [0.25, 0.3) is 0 Å². The van der Waals surface area contributed by atoms with E-state index >= 15 is 0 Å². The van der Waals surface area contributed by atoms with Gasteiger partial charge in [-0.05, 0) is 53.6 Å². The van der Waals surface area contributed by atoms with Crippen LogP contribution in [0, 0.1) is 0 Å².